The minimum atomic E-state index is -3.80. The Morgan fingerprint density at radius 2 is 1.89 bits per heavy atom. The quantitative estimate of drug-likeness (QED) is 0.364. The first-order chi connectivity index (χ1) is 13.0. The fourth-order valence-corrected chi connectivity index (χ4v) is 3.75. The molecule has 0 saturated carbocycles. The summed E-state index contributed by atoms with van der Waals surface area (Å²) < 4.78 is 29.0. The van der Waals surface area contributed by atoms with E-state index in [2.05, 4.69) is 9.71 Å². The number of rotatable bonds is 8. The highest BCUT2D eigenvalue weighted by Gasteiger charge is 2.17. The van der Waals surface area contributed by atoms with Crippen molar-refractivity contribution >= 4 is 15.7 Å². The average Bonchev–Trinajstić information content (AvgIpc) is 3.14. The summed E-state index contributed by atoms with van der Waals surface area (Å²) in [7, 11) is -3.80. The molecule has 140 valence electrons. The second kappa shape index (κ2) is 8.11. The van der Waals surface area contributed by atoms with E-state index < -0.39 is 14.9 Å². The topological polar surface area (TPSA) is 107 Å². The van der Waals surface area contributed by atoms with Crippen molar-refractivity contribution in [2.75, 3.05) is 6.54 Å². The smallest absolute Gasteiger partial charge is 0.270 e. The van der Waals surface area contributed by atoms with Crippen molar-refractivity contribution < 1.29 is 13.3 Å². The molecule has 1 N–H and O–H groups in total. The molecule has 0 radical (unpaired) electrons. The molecule has 0 amide bonds. The lowest BCUT2D eigenvalue weighted by Crippen LogP contribution is -2.25. The van der Waals surface area contributed by atoms with E-state index in [0.717, 1.165) is 17.5 Å². The van der Waals surface area contributed by atoms with E-state index in [4.69, 9.17) is 0 Å². The van der Waals surface area contributed by atoms with Gasteiger partial charge >= 0.3 is 0 Å². The standard InChI is InChI=1S/C18H18N4O4S/c23-22(24)16-8-4-9-17(14-16)27(25,26)20-10-5-12-21-13-11-19-18(21)15-6-2-1-3-7-15/h1-4,6-9,11,13-14,20H,5,10,12H2. The van der Waals surface area contributed by atoms with Crippen molar-refractivity contribution in [2.45, 2.75) is 17.9 Å². The molecule has 9 heteroatoms. The lowest BCUT2D eigenvalue weighted by Gasteiger charge is -2.09. The molecule has 0 atom stereocenters. The summed E-state index contributed by atoms with van der Waals surface area (Å²) in [6.07, 6.45) is 4.09. The predicted molar refractivity (Wildman–Crippen MR) is 101 cm³/mol. The highest BCUT2D eigenvalue weighted by atomic mass is 32.2. The maximum absolute atomic E-state index is 12.3. The second-order valence-corrected chi connectivity index (χ2v) is 7.58. The number of benzene rings is 2. The Hall–Kier alpha value is -3.04. The van der Waals surface area contributed by atoms with E-state index in [9.17, 15) is 18.5 Å². The van der Waals surface area contributed by atoms with Crippen LogP contribution in [-0.4, -0.2) is 29.4 Å². The van der Waals surface area contributed by atoms with Crippen molar-refractivity contribution in [1.29, 1.82) is 0 Å². The number of hydrogen-bond acceptors (Lipinski definition) is 5. The van der Waals surface area contributed by atoms with Gasteiger partial charge in [0, 0.05) is 43.2 Å². The molecule has 1 aromatic heterocycles. The molecule has 0 aliphatic carbocycles. The van der Waals surface area contributed by atoms with Crippen LogP contribution in [0.2, 0.25) is 0 Å². The molecule has 0 bridgehead atoms. The van der Waals surface area contributed by atoms with Crippen molar-refractivity contribution in [3.05, 3.63) is 77.1 Å². The molecule has 0 spiro atoms. The van der Waals surface area contributed by atoms with Gasteiger partial charge < -0.3 is 4.57 Å². The Bertz CT molecular complexity index is 1030. The minimum Gasteiger partial charge on any atom is -0.331 e. The van der Waals surface area contributed by atoms with E-state index in [-0.39, 0.29) is 17.1 Å². The van der Waals surface area contributed by atoms with E-state index >= 15 is 0 Å². The highest BCUT2D eigenvalue weighted by molar-refractivity contribution is 7.89. The van der Waals surface area contributed by atoms with Crippen LogP contribution in [0.15, 0.2) is 71.9 Å². The van der Waals surface area contributed by atoms with Crippen LogP contribution in [0.4, 0.5) is 5.69 Å². The Morgan fingerprint density at radius 3 is 2.63 bits per heavy atom. The molecule has 27 heavy (non-hydrogen) atoms. The van der Waals surface area contributed by atoms with Gasteiger partial charge in [0.25, 0.3) is 5.69 Å². The van der Waals surface area contributed by atoms with Gasteiger partial charge in [-0.05, 0) is 12.5 Å². The summed E-state index contributed by atoms with van der Waals surface area (Å²) in [5.74, 6) is 0.817. The van der Waals surface area contributed by atoms with Gasteiger partial charge in [0.1, 0.15) is 5.82 Å². The number of nitrogens with one attached hydrogen (secondary N) is 1. The second-order valence-electron chi connectivity index (χ2n) is 5.82. The summed E-state index contributed by atoms with van der Waals surface area (Å²) in [4.78, 5) is 14.4. The largest absolute Gasteiger partial charge is 0.331 e. The molecule has 0 aliphatic heterocycles. The molecule has 1 heterocycles. The van der Waals surface area contributed by atoms with Gasteiger partial charge in [-0.3, -0.25) is 10.1 Å². The van der Waals surface area contributed by atoms with Gasteiger partial charge in [-0.1, -0.05) is 36.4 Å². The number of aromatic nitrogens is 2. The van der Waals surface area contributed by atoms with Crippen LogP contribution in [0.3, 0.4) is 0 Å². The maximum Gasteiger partial charge on any atom is 0.270 e. The van der Waals surface area contributed by atoms with Crippen molar-refractivity contribution in [1.82, 2.24) is 14.3 Å². The Morgan fingerprint density at radius 1 is 1.11 bits per heavy atom. The molecule has 0 fully saturated rings. The number of nitrogens with zero attached hydrogens (tertiary/aromatic N) is 3. The summed E-state index contributed by atoms with van der Waals surface area (Å²) in [5, 5.41) is 10.8. The van der Waals surface area contributed by atoms with Crippen LogP contribution >= 0.6 is 0 Å². The lowest BCUT2D eigenvalue weighted by molar-refractivity contribution is -0.385. The van der Waals surface area contributed by atoms with E-state index in [1.807, 2.05) is 41.1 Å². The lowest BCUT2D eigenvalue weighted by atomic mass is 10.2. The number of sulfonamides is 1. The Balaban J connectivity index is 1.60. The number of imidazole rings is 1. The average molecular weight is 386 g/mol. The van der Waals surface area contributed by atoms with Crippen LogP contribution in [-0.2, 0) is 16.6 Å². The molecule has 0 saturated heterocycles. The summed E-state index contributed by atoms with van der Waals surface area (Å²) in [6.45, 7) is 0.791. The zero-order valence-corrected chi connectivity index (χ0v) is 15.2. The molecular weight excluding hydrogens is 368 g/mol. The van der Waals surface area contributed by atoms with Gasteiger partial charge in [0.15, 0.2) is 0 Å². The van der Waals surface area contributed by atoms with E-state index in [1.54, 1.807) is 6.20 Å². The Labute approximate surface area is 156 Å². The number of nitro benzene ring substituents is 1. The predicted octanol–water partition coefficient (Wildman–Crippen LogP) is 2.83. The number of non-ortho nitro benzene ring substituents is 1. The summed E-state index contributed by atoms with van der Waals surface area (Å²) in [5.41, 5.74) is 0.725. The fourth-order valence-electron chi connectivity index (χ4n) is 2.64. The first-order valence-corrected chi connectivity index (χ1v) is 9.76. The third kappa shape index (κ3) is 4.57. The molecule has 8 nitrogen and oxygen atoms in total. The van der Waals surface area contributed by atoms with Crippen LogP contribution in [0.25, 0.3) is 11.4 Å². The zero-order chi connectivity index (χ0) is 19.3. The Kier molecular flexibility index (Phi) is 5.63. The zero-order valence-electron chi connectivity index (χ0n) is 14.4. The molecule has 3 aromatic rings. The van der Waals surface area contributed by atoms with Crippen molar-refractivity contribution in [3.8, 4) is 11.4 Å². The monoisotopic (exact) mass is 386 g/mol. The van der Waals surface area contributed by atoms with Crippen LogP contribution in [0.1, 0.15) is 6.42 Å². The third-order valence-electron chi connectivity index (χ3n) is 3.95. The number of aryl methyl sites for hydroxylation is 1. The molecule has 0 aliphatic rings. The van der Waals surface area contributed by atoms with Gasteiger partial charge in [-0.2, -0.15) is 0 Å². The van der Waals surface area contributed by atoms with Crippen molar-refractivity contribution in [2.24, 2.45) is 0 Å². The van der Waals surface area contributed by atoms with Gasteiger partial charge in [-0.25, -0.2) is 18.1 Å². The van der Waals surface area contributed by atoms with Crippen LogP contribution in [0.5, 0.6) is 0 Å². The normalized spacial score (nSPS) is 11.4. The van der Waals surface area contributed by atoms with E-state index in [1.165, 1.54) is 18.2 Å². The minimum absolute atomic E-state index is 0.121. The van der Waals surface area contributed by atoms with Gasteiger partial charge in [-0.15, -0.1) is 0 Å². The first-order valence-electron chi connectivity index (χ1n) is 8.28. The van der Waals surface area contributed by atoms with E-state index in [0.29, 0.717) is 13.0 Å². The fraction of sp³-hybridized carbons (Fsp3) is 0.167. The van der Waals surface area contributed by atoms with Crippen molar-refractivity contribution in [3.63, 3.8) is 0 Å². The SMILES string of the molecule is O=[N+]([O-])c1cccc(S(=O)(=O)NCCCn2ccnc2-c2ccccc2)c1. The van der Waals surface area contributed by atoms with Gasteiger partial charge in [0.2, 0.25) is 10.0 Å². The molecule has 2 aromatic carbocycles. The van der Waals surface area contributed by atoms with Crippen LogP contribution in [0, 0.1) is 10.1 Å². The molecule has 0 unspecified atom stereocenters. The molecular formula is C18H18N4O4S. The third-order valence-corrected chi connectivity index (χ3v) is 5.41. The highest BCUT2D eigenvalue weighted by Crippen LogP contribution is 2.18. The number of hydrogen-bond donors (Lipinski definition) is 1. The summed E-state index contributed by atoms with van der Waals surface area (Å²) >= 11 is 0. The molecule has 3 rings (SSSR count). The van der Waals surface area contributed by atoms with Crippen LogP contribution < -0.4 is 4.72 Å². The van der Waals surface area contributed by atoms with Gasteiger partial charge in [0.05, 0.1) is 9.82 Å². The number of nitro groups is 1. The summed E-state index contributed by atoms with van der Waals surface area (Å²) in [6, 6.07) is 14.7. The first kappa shape index (κ1) is 18.7. The maximum atomic E-state index is 12.3.